The fraction of sp³-hybridized carbons (Fsp3) is 1.00. The van der Waals surface area contributed by atoms with Gasteiger partial charge in [0.2, 0.25) is 0 Å². The largest absolute Gasteiger partial charge is 0.251 e. The topological polar surface area (TPSA) is 0 Å². The van der Waals surface area contributed by atoms with Crippen molar-refractivity contribution in [3.05, 3.63) is 0 Å². The van der Waals surface area contributed by atoms with Crippen molar-refractivity contribution in [1.29, 1.82) is 0 Å². The molecule has 0 aromatic heterocycles. The Morgan fingerprint density at radius 2 is 0.650 bits per heavy atom. The summed E-state index contributed by atoms with van der Waals surface area (Å²) in [6.45, 7) is -0.127. The molecular formula is C18H36FI. The molecule has 0 saturated heterocycles. The van der Waals surface area contributed by atoms with E-state index in [0.717, 1.165) is 12.8 Å². The molecule has 0 aromatic carbocycles. The average Bonchev–Trinajstić information content (AvgIpc) is 2.47. The highest BCUT2D eigenvalue weighted by Gasteiger charge is 1.94. The molecule has 0 saturated carbocycles. The Hall–Kier alpha value is 0.660. The van der Waals surface area contributed by atoms with E-state index in [9.17, 15) is 4.39 Å². The van der Waals surface area contributed by atoms with Crippen LogP contribution in [-0.2, 0) is 0 Å². The molecule has 122 valence electrons. The Labute approximate surface area is 140 Å². The van der Waals surface area contributed by atoms with Crippen LogP contribution in [0, 0.1) is 0 Å². The second kappa shape index (κ2) is 19.7. The van der Waals surface area contributed by atoms with Crippen molar-refractivity contribution in [2.24, 2.45) is 0 Å². The van der Waals surface area contributed by atoms with Crippen LogP contribution in [-0.4, -0.2) is 11.1 Å². The number of halogens is 2. The zero-order chi connectivity index (χ0) is 14.7. The molecule has 20 heavy (non-hydrogen) atoms. The summed E-state index contributed by atoms with van der Waals surface area (Å²) < 4.78 is 13.2. The van der Waals surface area contributed by atoms with E-state index in [2.05, 4.69) is 22.6 Å². The lowest BCUT2D eigenvalue weighted by atomic mass is 10.0. The van der Waals surface area contributed by atoms with E-state index in [0.29, 0.717) is 0 Å². The molecule has 0 amide bonds. The first-order valence-electron chi connectivity index (χ1n) is 9.03. The van der Waals surface area contributed by atoms with Crippen LogP contribution in [0.5, 0.6) is 0 Å². The summed E-state index contributed by atoms with van der Waals surface area (Å²) in [6.07, 6.45) is 21.6. The van der Waals surface area contributed by atoms with Gasteiger partial charge in [-0.1, -0.05) is 112 Å². The summed E-state index contributed by atoms with van der Waals surface area (Å²) in [5.74, 6) is 0. The van der Waals surface area contributed by atoms with E-state index in [1.54, 1.807) is 0 Å². The fourth-order valence-electron chi connectivity index (χ4n) is 2.66. The number of hydrogen-bond donors (Lipinski definition) is 0. The quantitative estimate of drug-likeness (QED) is 0.134. The highest BCUT2D eigenvalue weighted by molar-refractivity contribution is 14.1. The maximum absolute atomic E-state index is 11.9. The first kappa shape index (κ1) is 20.7. The van der Waals surface area contributed by atoms with Crippen LogP contribution < -0.4 is 0 Å². The molecule has 0 bridgehead atoms. The van der Waals surface area contributed by atoms with Gasteiger partial charge in [0.05, 0.1) is 6.67 Å². The molecule has 0 unspecified atom stereocenters. The Balaban J connectivity index is 2.89. The van der Waals surface area contributed by atoms with Crippen LogP contribution in [0.25, 0.3) is 0 Å². The fourth-order valence-corrected chi connectivity index (χ4v) is 3.20. The maximum atomic E-state index is 11.9. The highest BCUT2D eigenvalue weighted by Crippen LogP contribution is 2.13. The second-order valence-electron chi connectivity index (χ2n) is 6.03. The van der Waals surface area contributed by atoms with Gasteiger partial charge in [-0.15, -0.1) is 0 Å². The zero-order valence-electron chi connectivity index (χ0n) is 13.5. The molecule has 0 aliphatic rings. The molecular weight excluding hydrogens is 362 g/mol. The van der Waals surface area contributed by atoms with Crippen molar-refractivity contribution in [2.45, 2.75) is 103 Å². The van der Waals surface area contributed by atoms with Gasteiger partial charge in [0, 0.05) is 0 Å². The van der Waals surface area contributed by atoms with E-state index in [-0.39, 0.29) is 6.67 Å². The molecule has 0 aromatic rings. The third-order valence-electron chi connectivity index (χ3n) is 4.02. The summed E-state index contributed by atoms with van der Waals surface area (Å²) in [5, 5.41) is 0. The molecule has 0 heterocycles. The van der Waals surface area contributed by atoms with E-state index < -0.39 is 0 Å². The van der Waals surface area contributed by atoms with Gasteiger partial charge in [-0.25, -0.2) is 0 Å². The van der Waals surface area contributed by atoms with Crippen LogP contribution in [0.3, 0.4) is 0 Å². The molecule has 0 radical (unpaired) electrons. The van der Waals surface area contributed by atoms with Crippen LogP contribution in [0.1, 0.15) is 103 Å². The van der Waals surface area contributed by atoms with Gasteiger partial charge < -0.3 is 0 Å². The molecule has 0 spiro atoms. The van der Waals surface area contributed by atoms with Crippen molar-refractivity contribution in [3.63, 3.8) is 0 Å². The predicted octanol–water partition coefficient (Wildman–Crippen LogP) is 7.63. The molecule has 0 fully saturated rings. The van der Waals surface area contributed by atoms with Gasteiger partial charge in [-0.3, -0.25) is 4.39 Å². The van der Waals surface area contributed by atoms with Crippen molar-refractivity contribution in [1.82, 2.24) is 0 Å². The summed E-state index contributed by atoms with van der Waals surface area (Å²) >= 11 is 2.47. The lowest BCUT2D eigenvalue weighted by molar-refractivity contribution is 0.448. The molecule has 0 aliphatic carbocycles. The number of hydrogen-bond acceptors (Lipinski definition) is 0. The van der Waals surface area contributed by atoms with Crippen LogP contribution in [0.4, 0.5) is 4.39 Å². The minimum absolute atomic E-state index is 0.127. The normalized spacial score (nSPS) is 11.1. The minimum Gasteiger partial charge on any atom is -0.251 e. The molecule has 0 aliphatic heterocycles. The number of rotatable bonds is 17. The molecule has 0 atom stereocenters. The Morgan fingerprint density at radius 1 is 0.400 bits per heavy atom. The molecule has 0 rings (SSSR count). The van der Waals surface area contributed by atoms with E-state index >= 15 is 0 Å². The summed E-state index contributed by atoms with van der Waals surface area (Å²) in [4.78, 5) is 0. The van der Waals surface area contributed by atoms with E-state index in [1.165, 1.54) is 94.3 Å². The lowest BCUT2D eigenvalue weighted by Gasteiger charge is -2.03. The first-order valence-corrected chi connectivity index (χ1v) is 10.6. The van der Waals surface area contributed by atoms with Crippen LogP contribution in [0.2, 0.25) is 0 Å². The Bertz CT molecular complexity index is 143. The third kappa shape index (κ3) is 18.7. The summed E-state index contributed by atoms with van der Waals surface area (Å²) in [6, 6.07) is 0. The van der Waals surface area contributed by atoms with Gasteiger partial charge in [-0.05, 0) is 17.3 Å². The monoisotopic (exact) mass is 398 g/mol. The molecule has 0 nitrogen and oxygen atoms in total. The van der Waals surface area contributed by atoms with Gasteiger partial charge in [0.25, 0.3) is 0 Å². The van der Waals surface area contributed by atoms with Gasteiger partial charge in [-0.2, -0.15) is 0 Å². The zero-order valence-corrected chi connectivity index (χ0v) is 15.6. The standard InChI is InChI=1S/C18H36FI/c19-17-15-13-11-9-7-5-3-1-2-4-6-8-10-12-14-16-18-20/h1-18H2. The van der Waals surface area contributed by atoms with Gasteiger partial charge in [0.1, 0.15) is 0 Å². The van der Waals surface area contributed by atoms with Crippen LogP contribution >= 0.6 is 22.6 Å². The first-order chi connectivity index (χ1) is 9.91. The third-order valence-corrected chi connectivity index (χ3v) is 4.78. The smallest absolute Gasteiger partial charge is 0.0894 e. The van der Waals surface area contributed by atoms with Crippen molar-refractivity contribution in [3.8, 4) is 0 Å². The average molecular weight is 398 g/mol. The van der Waals surface area contributed by atoms with Crippen LogP contribution in [0.15, 0.2) is 0 Å². The Morgan fingerprint density at radius 3 is 0.900 bits per heavy atom. The van der Waals surface area contributed by atoms with E-state index in [1.807, 2.05) is 0 Å². The predicted molar refractivity (Wildman–Crippen MR) is 98.7 cm³/mol. The van der Waals surface area contributed by atoms with Crippen molar-refractivity contribution >= 4 is 22.6 Å². The number of alkyl halides is 2. The lowest BCUT2D eigenvalue weighted by Crippen LogP contribution is -1.84. The summed E-state index contributed by atoms with van der Waals surface area (Å²) in [5.41, 5.74) is 0. The maximum Gasteiger partial charge on any atom is 0.0894 e. The minimum atomic E-state index is -0.127. The van der Waals surface area contributed by atoms with Crippen molar-refractivity contribution < 1.29 is 4.39 Å². The van der Waals surface area contributed by atoms with Gasteiger partial charge in [0.15, 0.2) is 0 Å². The summed E-state index contributed by atoms with van der Waals surface area (Å²) in [7, 11) is 0. The molecule has 0 N–H and O–H groups in total. The SMILES string of the molecule is FCCCCCCCCCCCCCCCCCCI. The Kier molecular flexibility index (Phi) is 20.3. The molecule has 2 heteroatoms. The van der Waals surface area contributed by atoms with Gasteiger partial charge >= 0.3 is 0 Å². The van der Waals surface area contributed by atoms with Crippen molar-refractivity contribution in [2.75, 3.05) is 11.1 Å². The second-order valence-corrected chi connectivity index (χ2v) is 7.11. The van der Waals surface area contributed by atoms with E-state index in [4.69, 9.17) is 0 Å². The highest BCUT2D eigenvalue weighted by atomic mass is 127. The number of unbranched alkanes of at least 4 members (excludes halogenated alkanes) is 15.